The van der Waals surface area contributed by atoms with Gasteiger partial charge in [0.1, 0.15) is 6.04 Å². The topological polar surface area (TPSA) is 95.3 Å². The van der Waals surface area contributed by atoms with Crippen LogP contribution in [-0.4, -0.2) is 32.8 Å². The summed E-state index contributed by atoms with van der Waals surface area (Å²) in [5.74, 6) is -0.210. The third kappa shape index (κ3) is 1.63. The summed E-state index contributed by atoms with van der Waals surface area (Å²) in [5, 5.41) is 0. The Kier molecular flexibility index (Phi) is 2.32. The highest BCUT2D eigenvalue weighted by molar-refractivity contribution is 6.21. The number of aromatic nitrogens is 2. The number of benzene rings is 1. The van der Waals surface area contributed by atoms with Gasteiger partial charge in [-0.05, 0) is 24.3 Å². The summed E-state index contributed by atoms with van der Waals surface area (Å²) in [6.07, 6.45) is 2.05. The summed E-state index contributed by atoms with van der Waals surface area (Å²) >= 11 is 0. The minimum absolute atomic E-state index is 0.210. The first kappa shape index (κ1) is 12.0. The van der Waals surface area contributed by atoms with Gasteiger partial charge >= 0.3 is 6.03 Å². The number of rotatable bonds is 1. The molecular weight excluding hydrogens is 270 g/mol. The molecule has 3 heterocycles. The number of imidazole rings is 1. The first-order valence-corrected chi connectivity index (χ1v) is 6.66. The van der Waals surface area contributed by atoms with E-state index < -0.39 is 6.04 Å². The quantitative estimate of drug-likeness (QED) is 0.600. The predicted octanol–water partition coefficient (Wildman–Crippen LogP) is 0.885. The number of nitrogens with zero attached hydrogens (tertiary/aromatic N) is 3. The molecule has 1 aromatic heterocycles. The number of nitrogen functional groups attached to an aromatic ring is 1. The minimum atomic E-state index is -0.467. The minimum Gasteiger partial charge on any atom is -0.399 e. The molecule has 0 spiro atoms. The molecular formula is C14H13N5O2. The van der Waals surface area contributed by atoms with Gasteiger partial charge in [-0.3, -0.25) is 4.79 Å². The Hall–Kier alpha value is -2.83. The van der Waals surface area contributed by atoms with Crippen molar-refractivity contribution in [1.29, 1.82) is 0 Å². The van der Waals surface area contributed by atoms with Gasteiger partial charge in [0.05, 0.1) is 29.9 Å². The fourth-order valence-electron chi connectivity index (χ4n) is 2.89. The molecule has 1 fully saturated rings. The zero-order valence-corrected chi connectivity index (χ0v) is 11.1. The van der Waals surface area contributed by atoms with Gasteiger partial charge in [0.25, 0.3) is 5.91 Å². The number of urea groups is 1. The standard InChI is InChI=1S/C14H13N5O2/c15-8-1-3-9(4-2-8)19-13(20)12-5-10-11(17-7-16-10)6-18(12)14(19)21/h1-4,7,12H,5-6,15H2,(H,16,17). The molecule has 0 aliphatic carbocycles. The lowest BCUT2D eigenvalue weighted by molar-refractivity contribution is -0.120. The van der Waals surface area contributed by atoms with Crippen molar-refractivity contribution in [2.45, 2.75) is 19.0 Å². The largest absolute Gasteiger partial charge is 0.399 e. The predicted molar refractivity (Wildman–Crippen MR) is 75.4 cm³/mol. The fourth-order valence-corrected chi connectivity index (χ4v) is 2.89. The van der Waals surface area contributed by atoms with Crippen LogP contribution in [0.3, 0.4) is 0 Å². The summed E-state index contributed by atoms with van der Waals surface area (Å²) in [4.78, 5) is 35.1. The van der Waals surface area contributed by atoms with Crippen LogP contribution in [0.5, 0.6) is 0 Å². The first-order chi connectivity index (χ1) is 10.1. The summed E-state index contributed by atoms with van der Waals surface area (Å²) < 4.78 is 0. The smallest absolute Gasteiger partial charge is 0.332 e. The Labute approximate surface area is 120 Å². The number of nitrogens with two attached hydrogens (primary N) is 1. The molecule has 1 saturated heterocycles. The highest BCUT2D eigenvalue weighted by atomic mass is 16.2. The first-order valence-electron chi connectivity index (χ1n) is 6.66. The maximum Gasteiger partial charge on any atom is 0.332 e. The number of carbonyl (C=O) groups excluding carboxylic acids is 2. The average Bonchev–Trinajstić information content (AvgIpc) is 3.03. The third-order valence-electron chi connectivity index (χ3n) is 3.99. The molecule has 0 radical (unpaired) electrons. The van der Waals surface area contributed by atoms with Crippen molar-refractivity contribution in [1.82, 2.24) is 14.9 Å². The second-order valence-electron chi connectivity index (χ2n) is 5.22. The molecule has 0 bridgehead atoms. The number of amides is 3. The fraction of sp³-hybridized carbons (Fsp3) is 0.214. The molecule has 7 heteroatoms. The van der Waals surface area contributed by atoms with E-state index in [9.17, 15) is 9.59 Å². The normalized spacial score (nSPS) is 20.7. The molecule has 4 rings (SSSR count). The number of hydrogen-bond donors (Lipinski definition) is 2. The van der Waals surface area contributed by atoms with Crippen LogP contribution in [-0.2, 0) is 17.8 Å². The van der Waals surface area contributed by atoms with Crippen molar-refractivity contribution in [2.24, 2.45) is 0 Å². The van der Waals surface area contributed by atoms with Crippen LogP contribution in [0.1, 0.15) is 11.4 Å². The summed E-state index contributed by atoms with van der Waals surface area (Å²) in [7, 11) is 0. The molecule has 106 valence electrons. The molecule has 21 heavy (non-hydrogen) atoms. The van der Waals surface area contributed by atoms with E-state index in [4.69, 9.17) is 5.73 Å². The van der Waals surface area contributed by atoms with Crippen molar-refractivity contribution in [3.8, 4) is 0 Å². The molecule has 2 aliphatic heterocycles. The lowest BCUT2D eigenvalue weighted by Gasteiger charge is -2.25. The van der Waals surface area contributed by atoms with Crippen LogP contribution in [0.25, 0.3) is 0 Å². The van der Waals surface area contributed by atoms with Crippen LogP contribution in [0.15, 0.2) is 30.6 Å². The van der Waals surface area contributed by atoms with Gasteiger partial charge in [-0.15, -0.1) is 0 Å². The van der Waals surface area contributed by atoms with E-state index in [0.717, 1.165) is 11.4 Å². The second kappa shape index (κ2) is 4.08. The molecule has 2 aliphatic rings. The number of carbonyl (C=O) groups is 2. The van der Waals surface area contributed by atoms with Crippen LogP contribution in [0.2, 0.25) is 0 Å². The Morgan fingerprint density at radius 1 is 1.24 bits per heavy atom. The van der Waals surface area contributed by atoms with Crippen molar-refractivity contribution in [3.05, 3.63) is 42.0 Å². The Morgan fingerprint density at radius 2 is 2.00 bits per heavy atom. The monoisotopic (exact) mass is 283 g/mol. The molecule has 0 saturated carbocycles. The Morgan fingerprint density at radius 3 is 2.76 bits per heavy atom. The van der Waals surface area contributed by atoms with Crippen molar-refractivity contribution >= 4 is 23.3 Å². The third-order valence-corrected chi connectivity index (χ3v) is 3.99. The zero-order chi connectivity index (χ0) is 14.6. The lowest BCUT2D eigenvalue weighted by atomic mass is 10.0. The van der Waals surface area contributed by atoms with Gasteiger partial charge in [-0.2, -0.15) is 0 Å². The van der Waals surface area contributed by atoms with Gasteiger partial charge < -0.3 is 15.6 Å². The van der Waals surface area contributed by atoms with Gasteiger partial charge in [-0.25, -0.2) is 14.7 Å². The number of H-pyrrole nitrogens is 1. The van der Waals surface area contributed by atoms with Crippen LogP contribution >= 0.6 is 0 Å². The van der Waals surface area contributed by atoms with Crippen molar-refractivity contribution < 1.29 is 9.59 Å². The van der Waals surface area contributed by atoms with E-state index in [1.165, 1.54) is 4.90 Å². The molecule has 1 aromatic carbocycles. The number of hydrogen-bond acceptors (Lipinski definition) is 4. The molecule has 3 N–H and O–H groups in total. The van der Waals surface area contributed by atoms with Gasteiger partial charge in [0.15, 0.2) is 0 Å². The van der Waals surface area contributed by atoms with Crippen molar-refractivity contribution in [3.63, 3.8) is 0 Å². The van der Waals surface area contributed by atoms with Gasteiger partial charge in [-0.1, -0.05) is 0 Å². The molecule has 1 atom stereocenters. The maximum absolute atomic E-state index is 12.6. The second-order valence-corrected chi connectivity index (χ2v) is 5.22. The van der Waals surface area contributed by atoms with E-state index in [-0.39, 0.29) is 11.9 Å². The molecule has 3 amide bonds. The number of nitrogens with one attached hydrogen (secondary N) is 1. The van der Waals surface area contributed by atoms with Crippen molar-refractivity contribution in [2.75, 3.05) is 10.6 Å². The summed E-state index contributed by atoms with van der Waals surface area (Å²) in [6.45, 7) is 0.385. The van der Waals surface area contributed by atoms with E-state index in [0.29, 0.717) is 24.3 Å². The zero-order valence-electron chi connectivity index (χ0n) is 11.1. The van der Waals surface area contributed by atoms with Crippen LogP contribution in [0, 0.1) is 0 Å². The van der Waals surface area contributed by atoms with Gasteiger partial charge in [0.2, 0.25) is 0 Å². The highest BCUT2D eigenvalue weighted by Crippen LogP contribution is 2.31. The number of anilines is 2. The Bertz CT molecular complexity index is 698. The Balaban J connectivity index is 1.71. The van der Waals surface area contributed by atoms with Crippen LogP contribution < -0.4 is 10.6 Å². The number of aromatic amines is 1. The summed E-state index contributed by atoms with van der Waals surface area (Å²) in [6, 6.07) is 5.96. The highest BCUT2D eigenvalue weighted by Gasteiger charge is 2.48. The van der Waals surface area contributed by atoms with E-state index in [1.54, 1.807) is 35.5 Å². The van der Waals surface area contributed by atoms with E-state index in [2.05, 4.69) is 9.97 Å². The maximum atomic E-state index is 12.6. The van der Waals surface area contributed by atoms with E-state index in [1.807, 2.05) is 0 Å². The molecule has 7 nitrogen and oxygen atoms in total. The van der Waals surface area contributed by atoms with Crippen LogP contribution in [0.4, 0.5) is 16.2 Å². The number of imide groups is 1. The number of fused-ring (bicyclic) bond motifs is 2. The van der Waals surface area contributed by atoms with Gasteiger partial charge in [0, 0.05) is 12.1 Å². The SMILES string of the molecule is Nc1ccc(N2C(=O)C3Cc4nc[nH]c4CN3C2=O)cc1. The average molecular weight is 283 g/mol. The molecule has 2 aromatic rings. The van der Waals surface area contributed by atoms with E-state index >= 15 is 0 Å². The molecule has 1 unspecified atom stereocenters. The lowest BCUT2D eigenvalue weighted by Crippen LogP contribution is -2.40. The summed E-state index contributed by atoms with van der Waals surface area (Å²) in [5.41, 5.74) is 8.54.